The second-order valence-electron chi connectivity index (χ2n) is 4.32. The fraction of sp³-hybridized carbons (Fsp3) is 0.143. The lowest BCUT2D eigenvalue weighted by Crippen LogP contribution is -2.02. The summed E-state index contributed by atoms with van der Waals surface area (Å²) in [6.07, 6.45) is 0. The molecule has 3 aromatic rings. The molecule has 0 bridgehead atoms. The molecule has 0 unspecified atom stereocenters. The summed E-state index contributed by atoms with van der Waals surface area (Å²) in [6.45, 7) is -0.242. The first-order valence-corrected chi connectivity index (χ1v) is 6.13. The van der Waals surface area contributed by atoms with Crippen LogP contribution in [-0.2, 0) is 0 Å². The first-order chi connectivity index (χ1) is 9.78. The smallest absolute Gasteiger partial charge is 0.135 e. The summed E-state index contributed by atoms with van der Waals surface area (Å²) in [6, 6.07) is 10.5. The quantitative estimate of drug-likeness (QED) is 0.764. The summed E-state index contributed by atoms with van der Waals surface area (Å²) in [4.78, 5) is 0. The zero-order valence-electron chi connectivity index (χ0n) is 10.5. The maximum Gasteiger partial charge on any atom is 0.135 e. The predicted octanol–water partition coefficient (Wildman–Crippen LogP) is 2.98. The van der Waals surface area contributed by atoms with Crippen molar-refractivity contribution in [1.29, 1.82) is 0 Å². The van der Waals surface area contributed by atoms with Crippen LogP contribution in [0.15, 0.2) is 41.0 Å². The molecule has 0 fully saturated rings. The highest BCUT2D eigenvalue weighted by Gasteiger charge is 2.08. The summed E-state index contributed by atoms with van der Waals surface area (Å²) >= 11 is 0. The van der Waals surface area contributed by atoms with Crippen molar-refractivity contribution < 1.29 is 14.1 Å². The number of alkyl halides is 1. The number of halogens is 1. The van der Waals surface area contributed by atoms with Crippen molar-refractivity contribution in [3.8, 4) is 16.9 Å². The Morgan fingerprint density at radius 2 is 1.95 bits per heavy atom. The lowest BCUT2D eigenvalue weighted by Gasteiger charge is -2.08. The molecule has 0 saturated heterocycles. The number of benzene rings is 2. The Bertz CT molecular complexity index is 742. The van der Waals surface area contributed by atoms with E-state index < -0.39 is 6.67 Å². The van der Waals surface area contributed by atoms with Gasteiger partial charge in [0.1, 0.15) is 23.5 Å². The normalized spacial score (nSPS) is 10.8. The van der Waals surface area contributed by atoms with E-state index in [0.717, 1.165) is 5.56 Å². The molecule has 0 aliphatic heterocycles. The van der Waals surface area contributed by atoms with E-state index in [1.165, 1.54) is 0 Å². The Balaban J connectivity index is 1.96. The lowest BCUT2D eigenvalue weighted by molar-refractivity contribution is 0.315. The standard InChI is InChI=1S/C14H12FN3O2/c15-5-6-16-10-2-3-11(14(19)8-10)9-1-4-12-13(7-9)18-20-17-12/h1-4,7-8,16,19H,5-6H2. The highest BCUT2D eigenvalue weighted by atomic mass is 19.1. The van der Waals surface area contributed by atoms with Crippen LogP contribution in [0.25, 0.3) is 22.2 Å². The number of anilines is 1. The number of rotatable bonds is 4. The largest absolute Gasteiger partial charge is 0.507 e. The molecule has 0 spiro atoms. The zero-order chi connectivity index (χ0) is 13.9. The van der Waals surface area contributed by atoms with Gasteiger partial charge in [0.05, 0.1) is 0 Å². The van der Waals surface area contributed by atoms with Gasteiger partial charge in [-0.2, -0.15) is 0 Å². The summed E-state index contributed by atoms with van der Waals surface area (Å²) in [5.41, 5.74) is 3.44. The van der Waals surface area contributed by atoms with Crippen LogP contribution in [0.5, 0.6) is 5.75 Å². The van der Waals surface area contributed by atoms with Crippen molar-refractivity contribution in [3.63, 3.8) is 0 Å². The number of nitrogens with zero attached hydrogens (tertiary/aromatic N) is 2. The second kappa shape index (κ2) is 5.16. The van der Waals surface area contributed by atoms with Gasteiger partial charge in [-0.25, -0.2) is 9.02 Å². The van der Waals surface area contributed by atoms with Crippen molar-refractivity contribution in [3.05, 3.63) is 36.4 Å². The van der Waals surface area contributed by atoms with Crippen LogP contribution in [0, 0.1) is 0 Å². The first kappa shape index (κ1) is 12.4. The molecule has 20 heavy (non-hydrogen) atoms. The van der Waals surface area contributed by atoms with E-state index in [0.29, 0.717) is 22.3 Å². The zero-order valence-corrected chi connectivity index (χ0v) is 10.5. The van der Waals surface area contributed by atoms with Gasteiger partial charge in [-0.05, 0) is 40.1 Å². The Hall–Kier alpha value is -2.63. The molecular weight excluding hydrogens is 261 g/mol. The van der Waals surface area contributed by atoms with Crippen molar-refractivity contribution in [2.45, 2.75) is 0 Å². The third-order valence-electron chi connectivity index (χ3n) is 2.99. The van der Waals surface area contributed by atoms with Crippen molar-refractivity contribution in [1.82, 2.24) is 10.3 Å². The second-order valence-corrected chi connectivity index (χ2v) is 4.32. The number of phenolic OH excluding ortho intramolecular Hbond substituents is 1. The first-order valence-electron chi connectivity index (χ1n) is 6.13. The maximum atomic E-state index is 12.1. The third-order valence-corrected chi connectivity index (χ3v) is 2.99. The predicted molar refractivity (Wildman–Crippen MR) is 73.4 cm³/mol. The van der Waals surface area contributed by atoms with Gasteiger partial charge in [-0.15, -0.1) is 0 Å². The molecule has 6 heteroatoms. The molecule has 2 N–H and O–H groups in total. The minimum atomic E-state index is -0.460. The summed E-state index contributed by atoms with van der Waals surface area (Å²) < 4.78 is 16.7. The van der Waals surface area contributed by atoms with Gasteiger partial charge < -0.3 is 10.4 Å². The summed E-state index contributed by atoms with van der Waals surface area (Å²) in [7, 11) is 0. The molecule has 0 atom stereocenters. The molecule has 102 valence electrons. The molecular formula is C14H12FN3O2. The van der Waals surface area contributed by atoms with Gasteiger partial charge in [-0.1, -0.05) is 6.07 Å². The molecule has 0 aliphatic rings. The van der Waals surface area contributed by atoms with Gasteiger partial charge in [0, 0.05) is 23.9 Å². The monoisotopic (exact) mass is 273 g/mol. The highest BCUT2D eigenvalue weighted by Crippen LogP contribution is 2.32. The van der Waals surface area contributed by atoms with Gasteiger partial charge in [0.2, 0.25) is 0 Å². The van der Waals surface area contributed by atoms with Crippen LogP contribution in [0.1, 0.15) is 0 Å². The third kappa shape index (κ3) is 2.27. The number of hydrogen-bond donors (Lipinski definition) is 2. The lowest BCUT2D eigenvalue weighted by atomic mass is 10.0. The van der Waals surface area contributed by atoms with Crippen LogP contribution < -0.4 is 5.32 Å². The van der Waals surface area contributed by atoms with Crippen molar-refractivity contribution >= 4 is 16.7 Å². The van der Waals surface area contributed by atoms with E-state index in [1.807, 2.05) is 6.07 Å². The number of fused-ring (bicyclic) bond motifs is 1. The van der Waals surface area contributed by atoms with Crippen LogP contribution in [-0.4, -0.2) is 28.6 Å². The van der Waals surface area contributed by atoms with Gasteiger partial charge >= 0.3 is 0 Å². The van der Waals surface area contributed by atoms with Gasteiger partial charge in [-0.3, -0.25) is 0 Å². The van der Waals surface area contributed by atoms with E-state index >= 15 is 0 Å². The minimum absolute atomic E-state index is 0.115. The Morgan fingerprint density at radius 1 is 1.10 bits per heavy atom. The molecule has 0 radical (unpaired) electrons. The topological polar surface area (TPSA) is 71.2 Å². The average molecular weight is 273 g/mol. The Kier molecular flexibility index (Phi) is 3.20. The van der Waals surface area contributed by atoms with Gasteiger partial charge in [0.25, 0.3) is 0 Å². The molecule has 0 saturated carbocycles. The molecule has 1 heterocycles. The molecule has 5 nitrogen and oxygen atoms in total. The fourth-order valence-electron chi connectivity index (χ4n) is 2.03. The molecule has 2 aromatic carbocycles. The van der Waals surface area contributed by atoms with Crippen LogP contribution in [0.2, 0.25) is 0 Å². The fourth-order valence-corrected chi connectivity index (χ4v) is 2.03. The van der Waals surface area contributed by atoms with Crippen LogP contribution in [0.3, 0.4) is 0 Å². The molecule has 1 aromatic heterocycles. The number of phenols is 1. The molecule has 0 amide bonds. The minimum Gasteiger partial charge on any atom is -0.507 e. The van der Waals surface area contributed by atoms with Crippen LogP contribution >= 0.6 is 0 Å². The van der Waals surface area contributed by atoms with E-state index in [1.54, 1.807) is 30.3 Å². The van der Waals surface area contributed by atoms with Crippen LogP contribution in [0.4, 0.5) is 10.1 Å². The van der Waals surface area contributed by atoms with Crippen molar-refractivity contribution in [2.75, 3.05) is 18.5 Å². The van der Waals surface area contributed by atoms with Crippen molar-refractivity contribution in [2.24, 2.45) is 0 Å². The maximum absolute atomic E-state index is 12.1. The Morgan fingerprint density at radius 3 is 2.75 bits per heavy atom. The van der Waals surface area contributed by atoms with E-state index in [2.05, 4.69) is 20.3 Å². The number of aromatic nitrogens is 2. The SMILES string of the molecule is Oc1cc(NCCF)ccc1-c1ccc2nonc2c1. The average Bonchev–Trinajstić information content (AvgIpc) is 2.92. The van der Waals surface area contributed by atoms with Gasteiger partial charge in [0.15, 0.2) is 0 Å². The Labute approximate surface area is 114 Å². The van der Waals surface area contributed by atoms with E-state index in [-0.39, 0.29) is 12.3 Å². The highest BCUT2D eigenvalue weighted by molar-refractivity contribution is 5.83. The number of aromatic hydroxyl groups is 1. The molecule has 0 aliphatic carbocycles. The number of nitrogens with one attached hydrogen (secondary N) is 1. The molecule has 3 rings (SSSR count). The van der Waals surface area contributed by atoms with E-state index in [4.69, 9.17) is 0 Å². The number of hydrogen-bond acceptors (Lipinski definition) is 5. The van der Waals surface area contributed by atoms with E-state index in [9.17, 15) is 9.50 Å². The summed E-state index contributed by atoms with van der Waals surface area (Å²) in [5, 5.41) is 20.4. The summed E-state index contributed by atoms with van der Waals surface area (Å²) in [5.74, 6) is 0.115.